The van der Waals surface area contributed by atoms with Crippen LogP contribution in [0.4, 0.5) is 10.1 Å². The molecule has 2 fully saturated rings. The quantitative estimate of drug-likeness (QED) is 0.384. The van der Waals surface area contributed by atoms with Gasteiger partial charge in [0.15, 0.2) is 0 Å². The molecule has 1 aliphatic heterocycles. The number of aryl methyl sites for hydroxylation is 1. The van der Waals surface area contributed by atoms with Crippen LogP contribution in [-0.4, -0.2) is 48.2 Å². The second kappa shape index (κ2) is 10.3. The van der Waals surface area contributed by atoms with E-state index in [2.05, 4.69) is 21.5 Å². The Morgan fingerprint density at radius 3 is 2.69 bits per heavy atom. The molecule has 4 N–H and O–H groups in total. The van der Waals surface area contributed by atoms with Crippen LogP contribution in [0.15, 0.2) is 36.4 Å². The zero-order valence-electron chi connectivity index (χ0n) is 20.4. The van der Waals surface area contributed by atoms with Crippen molar-refractivity contribution in [3.63, 3.8) is 0 Å². The van der Waals surface area contributed by atoms with E-state index in [4.69, 9.17) is 9.72 Å². The predicted octanol–water partition coefficient (Wildman–Crippen LogP) is 2.76. The molecule has 1 saturated carbocycles. The largest absolute Gasteiger partial charge is 0.375 e. The number of anilines is 1. The van der Waals surface area contributed by atoms with Crippen molar-refractivity contribution in [1.29, 1.82) is 0 Å². The molecule has 36 heavy (non-hydrogen) atoms. The van der Waals surface area contributed by atoms with Gasteiger partial charge in [0, 0.05) is 44.8 Å². The Morgan fingerprint density at radius 1 is 1.22 bits per heavy atom. The van der Waals surface area contributed by atoms with Gasteiger partial charge in [0.1, 0.15) is 18.2 Å². The second-order valence-electron chi connectivity index (χ2n) is 9.55. The molecule has 2 aromatic carbocycles. The number of nitrogens with zero attached hydrogens (tertiary/aromatic N) is 2. The number of nitrogens with one attached hydrogen (secondary N) is 4. The number of hydrogen-bond donors (Lipinski definition) is 4. The van der Waals surface area contributed by atoms with E-state index < -0.39 is 0 Å². The fourth-order valence-electron chi connectivity index (χ4n) is 5.05. The van der Waals surface area contributed by atoms with Crippen LogP contribution in [0.25, 0.3) is 11.0 Å². The molecule has 0 spiro atoms. The average molecular weight is 495 g/mol. The van der Waals surface area contributed by atoms with Crippen LogP contribution in [-0.2, 0) is 16.6 Å². The smallest absolute Gasteiger partial charge is 0.253 e. The summed E-state index contributed by atoms with van der Waals surface area (Å²) in [6, 6.07) is 9.81. The van der Waals surface area contributed by atoms with Gasteiger partial charge in [0.2, 0.25) is 5.91 Å². The third kappa shape index (κ3) is 4.84. The summed E-state index contributed by atoms with van der Waals surface area (Å²) in [5.74, 6) is 0.590. The van der Waals surface area contributed by atoms with Crippen molar-refractivity contribution in [3.05, 3.63) is 59.2 Å². The first kappa shape index (κ1) is 24.4. The highest BCUT2D eigenvalue weighted by Crippen LogP contribution is 2.38. The van der Waals surface area contributed by atoms with Crippen LogP contribution in [0, 0.1) is 11.7 Å². The molecule has 1 aromatic heterocycles. The Bertz CT molecular complexity index is 1270. The van der Waals surface area contributed by atoms with Gasteiger partial charge in [0.05, 0.1) is 22.6 Å². The number of rotatable bonds is 8. The minimum atomic E-state index is -0.302. The number of aromatic nitrogens is 2. The fraction of sp³-hybridized carbons (Fsp3) is 0.423. The third-order valence-electron chi connectivity index (χ3n) is 7.13. The Balaban J connectivity index is 1.40. The van der Waals surface area contributed by atoms with E-state index in [-0.39, 0.29) is 36.2 Å². The molecule has 1 saturated heterocycles. The maximum atomic E-state index is 13.5. The van der Waals surface area contributed by atoms with Gasteiger partial charge in [0.25, 0.3) is 5.91 Å². The minimum Gasteiger partial charge on any atom is -0.375 e. The number of hydrazine groups is 1. The number of carbonyl (C=O) groups excluding carboxylic acids is 2. The first-order valence-corrected chi connectivity index (χ1v) is 12.3. The Labute approximate surface area is 208 Å². The monoisotopic (exact) mass is 494 g/mol. The molecule has 10 heteroatoms. The maximum absolute atomic E-state index is 13.5. The lowest BCUT2D eigenvalue weighted by molar-refractivity contribution is -0.119. The van der Waals surface area contributed by atoms with Gasteiger partial charge in [-0.3, -0.25) is 15.0 Å². The van der Waals surface area contributed by atoms with Crippen LogP contribution in [0.3, 0.4) is 0 Å². The molecule has 1 aliphatic carbocycles. The molecule has 2 amide bonds. The minimum absolute atomic E-state index is 0.0625. The number of carbonyl (C=O) groups is 2. The van der Waals surface area contributed by atoms with Gasteiger partial charge in [-0.05, 0) is 42.7 Å². The number of benzene rings is 2. The zero-order valence-corrected chi connectivity index (χ0v) is 20.4. The van der Waals surface area contributed by atoms with Crippen molar-refractivity contribution in [1.82, 2.24) is 25.7 Å². The number of imidazole rings is 1. The summed E-state index contributed by atoms with van der Waals surface area (Å²) in [5, 5.41) is 5.87. The van der Waals surface area contributed by atoms with Crippen LogP contribution in [0.1, 0.15) is 53.0 Å². The normalized spacial score (nSPS) is 19.9. The molecule has 3 aromatic rings. The lowest BCUT2D eigenvalue weighted by atomic mass is 9.85. The number of halogens is 1. The summed E-state index contributed by atoms with van der Waals surface area (Å²) in [4.78, 5) is 30.5. The number of ether oxygens (including phenoxy) is 1. The van der Waals surface area contributed by atoms with Crippen LogP contribution >= 0.6 is 0 Å². The average Bonchev–Trinajstić information content (AvgIpc) is 3.41. The fourth-order valence-corrected chi connectivity index (χ4v) is 5.05. The summed E-state index contributed by atoms with van der Waals surface area (Å²) < 4.78 is 20.3. The van der Waals surface area contributed by atoms with E-state index in [1.54, 1.807) is 24.3 Å². The summed E-state index contributed by atoms with van der Waals surface area (Å²) >= 11 is 0. The number of fused-ring (bicyclic) bond motifs is 1. The summed E-state index contributed by atoms with van der Waals surface area (Å²) in [5.41, 5.74) is 9.69. The van der Waals surface area contributed by atoms with E-state index in [0.29, 0.717) is 35.8 Å². The predicted molar refractivity (Wildman–Crippen MR) is 134 cm³/mol. The standard InChI is InChI=1S/C26H31FN6O3/c1-33-24-20(26(35)28-12-17-13-29-32-23(17)15-6-8-18(27)9-7-15)10-19(30-22(34)14-36-2)11-21(24)31-25(33)16-4-3-5-16/h6-11,16-17,23,29,32H,3-5,12-14H2,1-2H3,(H,28,35)(H,30,34). The van der Waals surface area contributed by atoms with Gasteiger partial charge in [-0.25, -0.2) is 14.8 Å². The molecule has 2 unspecified atom stereocenters. The van der Waals surface area contributed by atoms with Gasteiger partial charge in [-0.1, -0.05) is 18.6 Å². The highest BCUT2D eigenvalue weighted by atomic mass is 19.1. The highest BCUT2D eigenvalue weighted by Gasteiger charge is 2.30. The summed E-state index contributed by atoms with van der Waals surface area (Å²) in [6.45, 7) is 0.986. The lowest BCUT2D eigenvalue weighted by Crippen LogP contribution is -2.33. The number of amides is 2. The van der Waals surface area contributed by atoms with Crippen molar-refractivity contribution in [2.24, 2.45) is 13.0 Å². The lowest BCUT2D eigenvalue weighted by Gasteiger charge is -2.24. The molecule has 0 radical (unpaired) electrons. The molecule has 2 atom stereocenters. The van der Waals surface area contributed by atoms with Crippen LogP contribution < -0.4 is 21.5 Å². The van der Waals surface area contributed by atoms with Gasteiger partial charge in [-0.2, -0.15) is 0 Å². The van der Waals surface area contributed by atoms with Gasteiger partial charge < -0.3 is 19.9 Å². The highest BCUT2D eigenvalue weighted by molar-refractivity contribution is 6.07. The number of hydrogen-bond acceptors (Lipinski definition) is 6. The molecule has 190 valence electrons. The second-order valence-corrected chi connectivity index (χ2v) is 9.55. The first-order valence-electron chi connectivity index (χ1n) is 12.3. The summed E-state index contributed by atoms with van der Waals surface area (Å²) in [7, 11) is 3.40. The van der Waals surface area contributed by atoms with E-state index >= 15 is 0 Å². The molecule has 2 aliphatic rings. The van der Waals surface area contributed by atoms with E-state index in [0.717, 1.165) is 29.7 Å². The van der Waals surface area contributed by atoms with Crippen molar-refractivity contribution >= 4 is 28.5 Å². The van der Waals surface area contributed by atoms with Gasteiger partial charge >= 0.3 is 0 Å². The maximum Gasteiger partial charge on any atom is 0.253 e. The topological polar surface area (TPSA) is 109 Å². The summed E-state index contributed by atoms with van der Waals surface area (Å²) in [6.07, 6.45) is 3.35. The zero-order chi connectivity index (χ0) is 25.2. The molecule has 2 heterocycles. The van der Waals surface area contributed by atoms with Crippen molar-refractivity contribution in [2.75, 3.05) is 32.1 Å². The molecule has 5 rings (SSSR count). The Kier molecular flexibility index (Phi) is 6.99. The van der Waals surface area contributed by atoms with E-state index in [1.807, 2.05) is 11.6 Å². The van der Waals surface area contributed by atoms with Crippen molar-refractivity contribution in [3.8, 4) is 0 Å². The van der Waals surface area contributed by atoms with Crippen LogP contribution in [0.2, 0.25) is 0 Å². The molecule has 9 nitrogen and oxygen atoms in total. The van der Waals surface area contributed by atoms with E-state index in [9.17, 15) is 14.0 Å². The van der Waals surface area contributed by atoms with Crippen LogP contribution in [0.5, 0.6) is 0 Å². The first-order chi connectivity index (χ1) is 17.4. The third-order valence-corrected chi connectivity index (χ3v) is 7.13. The molecular weight excluding hydrogens is 463 g/mol. The van der Waals surface area contributed by atoms with Crippen molar-refractivity contribution < 1.29 is 18.7 Å². The Hall–Kier alpha value is -3.34. The SMILES string of the molecule is COCC(=O)Nc1cc(C(=O)NCC2CNNC2c2ccc(F)cc2)c2c(c1)nc(C1CCC1)n2C. The van der Waals surface area contributed by atoms with E-state index in [1.165, 1.54) is 25.7 Å². The molecule has 0 bridgehead atoms. The Morgan fingerprint density at radius 2 is 2.00 bits per heavy atom. The molecular formula is C26H31FN6O3. The van der Waals surface area contributed by atoms with Crippen molar-refractivity contribution in [2.45, 2.75) is 31.2 Å². The number of methoxy groups -OCH3 is 1. The van der Waals surface area contributed by atoms with Gasteiger partial charge in [-0.15, -0.1) is 0 Å².